The predicted octanol–water partition coefficient (Wildman–Crippen LogP) is 2.04. The molecule has 1 aromatic rings. The normalized spacial score (nSPS) is 18.8. The highest BCUT2D eigenvalue weighted by molar-refractivity contribution is 7.99. The maximum atomic E-state index is 12.9. The van der Waals surface area contributed by atoms with Gasteiger partial charge in [0.05, 0.1) is 6.20 Å². The minimum atomic E-state index is -0.446. The molecule has 0 bridgehead atoms. The van der Waals surface area contributed by atoms with E-state index < -0.39 is 5.82 Å². The third-order valence-electron chi connectivity index (χ3n) is 4.74. The molecule has 3 rings (SSSR count). The van der Waals surface area contributed by atoms with Crippen LogP contribution in [0, 0.1) is 11.2 Å². The summed E-state index contributed by atoms with van der Waals surface area (Å²) in [6.45, 7) is 4.92. The topological polar surface area (TPSA) is 53.5 Å². The lowest BCUT2D eigenvalue weighted by molar-refractivity contribution is -0.130. The summed E-state index contributed by atoms with van der Waals surface area (Å²) in [6, 6.07) is 2.67. The van der Waals surface area contributed by atoms with E-state index in [4.69, 9.17) is 0 Å². The highest BCUT2D eigenvalue weighted by Gasteiger charge is 2.50. The van der Waals surface area contributed by atoms with Crippen LogP contribution in [0.2, 0.25) is 0 Å². The lowest BCUT2D eigenvalue weighted by Gasteiger charge is -2.47. The molecule has 1 aromatic heterocycles. The monoisotopic (exact) mass is 351 g/mol. The number of hydrogen-bond donors (Lipinski definition) is 0. The second-order valence-electron chi connectivity index (χ2n) is 6.54. The van der Waals surface area contributed by atoms with Crippen molar-refractivity contribution < 1.29 is 14.0 Å². The molecule has 2 fully saturated rings. The van der Waals surface area contributed by atoms with Gasteiger partial charge >= 0.3 is 0 Å². The van der Waals surface area contributed by atoms with Gasteiger partial charge in [-0.05, 0) is 24.3 Å². The third-order valence-corrected chi connectivity index (χ3v) is 5.64. The first kappa shape index (κ1) is 17.2. The summed E-state index contributed by atoms with van der Waals surface area (Å²) < 4.78 is 12.9. The Balaban J connectivity index is 1.50. The minimum absolute atomic E-state index is 0.0449. The summed E-state index contributed by atoms with van der Waals surface area (Å²) >= 11 is 1.78. The van der Waals surface area contributed by atoms with Gasteiger partial charge in [0.1, 0.15) is 11.5 Å². The van der Waals surface area contributed by atoms with Crippen LogP contribution in [0.1, 0.15) is 30.3 Å². The van der Waals surface area contributed by atoms with Crippen LogP contribution in [0.4, 0.5) is 4.39 Å². The Morgan fingerprint density at radius 2 is 2.04 bits per heavy atom. The van der Waals surface area contributed by atoms with E-state index >= 15 is 0 Å². The van der Waals surface area contributed by atoms with Crippen LogP contribution >= 0.6 is 11.8 Å². The number of likely N-dealkylation sites (tertiary alicyclic amines) is 2. The zero-order valence-corrected chi connectivity index (χ0v) is 14.6. The van der Waals surface area contributed by atoms with E-state index in [0.717, 1.165) is 37.2 Å². The third kappa shape index (κ3) is 3.55. The van der Waals surface area contributed by atoms with Gasteiger partial charge in [-0.15, -0.1) is 0 Å². The fraction of sp³-hybridized carbons (Fsp3) is 0.588. The molecule has 130 valence electrons. The average Bonchev–Trinajstić information content (AvgIpc) is 2.99. The first-order chi connectivity index (χ1) is 11.5. The lowest BCUT2D eigenvalue weighted by Crippen LogP contribution is -2.59. The van der Waals surface area contributed by atoms with Crippen molar-refractivity contribution in [3.8, 4) is 0 Å². The molecule has 0 aromatic carbocycles. The smallest absolute Gasteiger partial charge is 0.272 e. The number of carbonyl (C=O) groups is 2. The average molecular weight is 351 g/mol. The van der Waals surface area contributed by atoms with Gasteiger partial charge in [-0.2, -0.15) is 11.8 Å². The number of halogens is 1. The van der Waals surface area contributed by atoms with Gasteiger partial charge in [-0.25, -0.2) is 9.37 Å². The van der Waals surface area contributed by atoms with Crippen molar-refractivity contribution in [1.29, 1.82) is 0 Å². The quantitative estimate of drug-likeness (QED) is 0.762. The van der Waals surface area contributed by atoms with E-state index in [1.165, 1.54) is 12.1 Å². The zero-order chi connectivity index (χ0) is 17.2. The van der Waals surface area contributed by atoms with Gasteiger partial charge in [0.25, 0.3) is 5.91 Å². The number of thioether (sulfide) groups is 1. The van der Waals surface area contributed by atoms with Gasteiger partial charge in [0.15, 0.2) is 0 Å². The number of pyridine rings is 1. The van der Waals surface area contributed by atoms with Crippen molar-refractivity contribution >= 4 is 23.6 Å². The Morgan fingerprint density at radius 3 is 2.71 bits per heavy atom. The Morgan fingerprint density at radius 1 is 1.29 bits per heavy atom. The van der Waals surface area contributed by atoms with Crippen molar-refractivity contribution in [3.05, 3.63) is 29.8 Å². The summed E-state index contributed by atoms with van der Waals surface area (Å²) in [6.07, 6.45) is 2.60. The lowest BCUT2D eigenvalue weighted by atomic mass is 9.79. The van der Waals surface area contributed by atoms with Crippen molar-refractivity contribution in [2.45, 2.75) is 19.8 Å². The molecule has 2 saturated heterocycles. The van der Waals surface area contributed by atoms with E-state index in [1.54, 1.807) is 16.7 Å². The number of rotatable bonds is 5. The van der Waals surface area contributed by atoms with Crippen molar-refractivity contribution in [2.24, 2.45) is 5.41 Å². The maximum absolute atomic E-state index is 12.9. The summed E-state index contributed by atoms with van der Waals surface area (Å²) in [4.78, 5) is 32.1. The molecule has 2 amide bonds. The zero-order valence-electron chi connectivity index (χ0n) is 13.8. The molecule has 0 radical (unpaired) electrons. The van der Waals surface area contributed by atoms with Crippen LogP contribution in [-0.4, -0.2) is 64.3 Å². The van der Waals surface area contributed by atoms with E-state index in [2.05, 4.69) is 11.9 Å². The molecule has 0 N–H and O–H groups in total. The van der Waals surface area contributed by atoms with Gasteiger partial charge < -0.3 is 9.80 Å². The SMILES string of the molecule is CCSCCC(=O)N1CCC2(C1)CN(C(=O)c1ccc(F)cn1)C2. The number of carbonyl (C=O) groups excluding carboxylic acids is 2. The molecule has 0 unspecified atom stereocenters. The van der Waals surface area contributed by atoms with Gasteiger partial charge in [0.2, 0.25) is 5.91 Å². The predicted molar refractivity (Wildman–Crippen MR) is 91.3 cm³/mol. The maximum Gasteiger partial charge on any atom is 0.272 e. The Hall–Kier alpha value is -1.63. The standard InChI is InChI=1S/C17H22FN3O2S/c1-2-24-8-5-15(22)20-7-6-17(10-20)11-21(12-17)16(23)14-4-3-13(18)9-19-14/h3-4,9H,2,5-8,10-12H2,1H3. The van der Waals surface area contributed by atoms with Gasteiger partial charge in [-0.1, -0.05) is 6.92 Å². The first-order valence-corrected chi connectivity index (χ1v) is 9.45. The van der Waals surface area contributed by atoms with Gasteiger partial charge in [0, 0.05) is 43.8 Å². The largest absolute Gasteiger partial charge is 0.342 e. The van der Waals surface area contributed by atoms with Crippen LogP contribution in [-0.2, 0) is 4.79 Å². The highest BCUT2D eigenvalue weighted by Crippen LogP contribution is 2.40. The number of aromatic nitrogens is 1. The number of hydrogen-bond acceptors (Lipinski definition) is 4. The van der Waals surface area contributed by atoms with Crippen molar-refractivity contribution in [1.82, 2.24) is 14.8 Å². The molecule has 1 spiro atoms. The van der Waals surface area contributed by atoms with E-state index in [-0.39, 0.29) is 22.9 Å². The molecule has 7 heteroatoms. The van der Waals surface area contributed by atoms with Crippen molar-refractivity contribution in [2.75, 3.05) is 37.7 Å². The second kappa shape index (κ2) is 7.09. The van der Waals surface area contributed by atoms with Crippen LogP contribution in [0.5, 0.6) is 0 Å². The Bertz CT molecular complexity index is 617. The molecule has 0 saturated carbocycles. The molecule has 2 aliphatic heterocycles. The summed E-state index contributed by atoms with van der Waals surface area (Å²) in [7, 11) is 0. The van der Waals surface area contributed by atoms with Crippen LogP contribution in [0.25, 0.3) is 0 Å². The van der Waals surface area contributed by atoms with Crippen LogP contribution < -0.4 is 0 Å². The molecule has 24 heavy (non-hydrogen) atoms. The fourth-order valence-corrected chi connectivity index (χ4v) is 4.05. The highest BCUT2D eigenvalue weighted by atomic mass is 32.2. The Kier molecular flexibility index (Phi) is 5.08. The summed E-state index contributed by atoms with van der Waals surface area (Å²) in [5.41, 5.74) is 0.317. The van der Waals surface area contributed by atoms with E-state index in [0.29, 0.717) is 19.5 Å². The van der Waals surface area contributed by atoms with Crippen LogP contribution in [0.3, 0.4) is 0 Å². The molecule has 0 atom stereocenters. The minimum Gasteiger partial charge on any atom is -0.342 e. The molecule has 3 heterocycles. The number of amides is 2. The van der Waals surface area contributed by atoms with E-state index in [1.807, 2.05) is 4.90 Å². The summed E-state index contributed by atoms with van der Waals surface area (Å²) in [5, 5.41) is 0. The fourth-order valence-electron chi connectivity index (χ4n) is 3.44. The molecular weight excluding hydrogens is 329 g/mol. The van der Waals surface area contributed by atoms with E-state index in [9.17, 15) is 14.0 Å². The second-order valence-corrected chi connectivity index (χ2v) is 7.93. The first-order valence-electron chi connectivity index (χ1n) is 8.29. The molecule has 2 aliphatic rings. The number of nitrogens with zero attached hydrogens (tertiary/aromatic N) is 3. The molecule has 5 nitrogen and oxygen atoms in total. The van der Waals surface area contributed by atoms with Gasteiger partial charge in [-0.3, -0.25) is 9.59 Å². The van der Waals surface area contributed by atoms with Crippen LogP contribution in [0.15, 0.2) is 18.3 Å². The molecular formula is C17H22FN3O2S. The van der Waals surface area contributed by atoms with Crippen molar-refractivity contribution in [3.63, 3.8) is 0 Å². The summed E-state index contributed by atoms with van der Waals surface area (Å²) in [5.74, 6) is 1.52. The Labute approximate surface area is 145 Å². The molecule has 0 aliphatic carbocycles.